The summed E-state index contributed by atoms with van der Waals surface area (Å²) in [6, 6.07) is 28.4. The van der Waals surface area contributed by atoms with Gasteiger partial charge < -0.3 is 29.5 Å². The molecule has 5 aliphatic rings. The van der Waals surface area contributed by atoms with Gasteiger partial charge in [0.1, 0.15) is 12.7 Å². The highest BCUT2D eigenvalue weighted by Gasteiger charge is 2.74. The van der Waals surface area contributed by atoms with E-state index >= 15 is 0 Å². The maximum Gasteiger partial charge on any atom is 0.331 e. The summed E-state index contributed by atoms with van der Waals surface area (Å²) in [7, 11) is 0. The lowest BCUT2D eigenvalue weighted by Gasteiger charge is -2.72. The van der Waals surface area contributed by atoms with E-state index in [4.69, 9.17) is 14.2 Å². The smallest absolute Gasteiger partial charge is 0.331 e. The Morgan fingerprint density at radius 1 is 0.657 bits per heavy atom. The normalized spacial score (nSPS) is 36.5. The molecule has 3 N–H and O–H groups in total. The van der Waals surface area contributed by atoms with Crippen LogP contribution in [0, 0.1) is 50.2 Å². The first-order valence-electron chi connectivity index (χ1n) is 24.1. The number of carbonyl (C=O) groups excluding carboxylic acids is 3. The average Bonchev–Trinajstić information content (AvgIpc) is 3.32. The Morgan fingerprint density at radius 2 is 1.18 bits per heavy atom. The Hall–Kier alpha value is -5.35. The van der Waals surface area contributed by atoms with Crippen molar-refractivity contribution in [2.75, 3.05) is 13.2 Å². The van der Waals surface area contributed by atoms with Crippen LogP contribution in [0.15, 0.2) is 134 Å². The molecular weight excluding hydrogens is 841 g/mol. The molecule has 0 radical (unpaired) electrons. The van der Waals surface area contributed by atoms with E-state index in [1.807, 2.05) is 105 Å². The number of aliphatic hydroxyl groups excluding tert-OH is 3. The van der Waals surface area contributed by atoms with Crippen molar-refractivity contribution in [1.29, 1.82) is 0 Å². The Labute approximate surface area is 396 Å². The van der Waals surface area contributed by atoms with Gasteiger partial charge in [0, 0.05) is 23.6 Å². The van der Waals surface area contributed by atoms with Crippen LogP contribution in [0.5, 0.6) is 0 Å². The monoisotopic (exact) mass is 908 g/mol. The van der Waals surface area contributed by atoms with E-state index < -0.39 is 75.3 Å². The fourth-order valence-electron chi connectivity index (χ4n) is 13.8. The Balaban J connectivity index is 1.14. The van der Waals surface area contributed by atoms with Crippen molar-refractivity contribution < 1.29 is 43.9 Å². The third-order valence-corrected chi connectivity index (χ3v) is 17.7. The lowest BCUT2D eigenvalue weighted by Crippen LogP contribution is -2.72. The van der Waals surface area contributed by atoms with Crippen molar-refractivity contribution in [1.82, 2.24) is 0 Å². The summed E-state index contributed by atoms with van der Waals surface area (Å²) in [4.78, 5) is 40.7. The third-order valence-electron chi connectivity index (χ3n) is 17.7. The SMILES string of the molecule is C=C[C@]12CC[C@H](O)[C@](C)(COC(=O)/C=C/c3ccccc3)C1CC[C@]1(C)C2CC=C2C3CC(C)(C)[C@@H](O)[C@H](OC(=O)/C=C/c4ccccc4)[C@]3(COC(=O)/C=C/c3ccccc3)[C@H](O)C[C@]21C. The van der Waals surface area contributed by atoms with Gasteiger partial charge in [-0.3, -0.25) is 0 Å². The minimum absolute atomic E-state index is 0.0452. The van der Waals surface area contributed by atoms with Crippen LogP contribution >= 0.6 is 0 Å². The average molecular weight is 909 g/mol. The van der Waals surface area contributed by atoms with E-state index in [1.165, 1.54) is 18.2 Å². The number of allylic oxidation sites excluding steroid dienone is 3. The fourth-order valence-corrected chi connectivity index (χ4v) is 13.8. The molecule has 0 spiro atoms. The molecule has 0 amide bonds. The van der Waals surface area contributed by atoms with E-state index in [0.717, 1.165) is 41.5 Å². The van der Waals surface area contributed by atoms with E-state index in [-0.39, 0.29) is 36.9 Å². The Bertz CT molecular complexity index is 2420. The van der Waals surface area contributed by atoms with Crippen molar-refractivity contribution in [2.45, 2.75) is 104 Å². The number of rotatable bonds is 12. The molecule has 67 heavy (non-hydrogen) atoms. The minimum Gasteiger partial charge on any atom is -0.462 e. The van der Waals surface area contributed by atoms with Crippen molar-refractivity contribution >= 4 is 36.1 Å². The predicted octanol–water partition coefficient (Wildman–Crippen LogP) is 9.99. The summed E-state index contributed by atoms with van der Waals surface area (Å²) in [5.41, 5.74) is -0.658. The largest absolute Gasteiger partial charge is 0.462 e. The van der Waals surface area contributed by atoms with Crippen molar-refractivity contribution in [3.63, 3.8) is 0 Å². The molecule has 12 atom stereocenters. The Kier molecular flexibility index (Phi) is 13.4. The van der Waals surface area contributed by atoms with E-state index in [2.05, 4.69) is 39.5 Å². The van der Waals surface area contributed by atoms with Crippen LogP contribution in [-0.2, 0) is 28.6 Å². The van der Waals surface area contributed by atoms with E-state index in [0.29, 0.717) is 19.3 Å². The van der Waals surface area contributed by atoms with Crippen LogP contribution in [0.25, 0.3) is 18.2 Å². The highest BCUT2D eigenvalue weighted by atomic mass is 16.6. The van der Waals surface area contributed by atoms with Gasteiger partial charge in [-0.25, -0.2) is 14.4 Å². The first-order chi connectivity index (χ1) is 31.9. The van der Waals surface area contributed by atoms with Crippen LogP contribution in [-0.4, -0.2) is 70.9 Å². The van der Waals surface area contributed by atoms with Gasteiger partial charge in [-0.1, -0.05) is 143 Å². The maximum atomic E-state index is 13.9. The van der Waals surface area contributed by atoms with Crippen LogP contribution in [0.3, 0.4) is 0 Å². The second kappa shape index (κ2) is 18.6. The molecule has 4 saturated carbocycles. The van der Waals surface area contributed by atoms with Gasteiger partial charge in [0.05, 0.1) is 30.3 Å². The zero-order chi connectivity index (χ0) is 47.8. The molecule has 0 aliphatic heterocycles. The first-order valence-corrected chi connectivity index (χ1v) is 24.1. The van der Waals surface area contributed by atoms with Crippen LogP contribution in [0.1, 0.15) is 96.3 Å². The number of benzene rings is 3. The topological polar surface area (TPSA) is 140 Å². The molecular formula is C58H68O9. The number of aliphatic hydroxyl groups is 3. The second-order valence-corrected chi connectivity index (χ2v) is 21.5. The predicted molar refractivity (Wildman–Crippen MR) is 260 cm³/mol. The number of fused-ring (bicyclic) bond motifs is 7. The molecule has 3 aromatic carbocycles. The highest BCUT2D eigenvalue weighted by molar-refractivity contribution is 5.88. The van der Waals surface area contributed by atoms with Gasteiger partial charge in [-0.2, -0.15) is 0 Å². The molecule has 354 valence electrons. The van der Waals surface area contributed by atoms with Crippen molar-refractivity contribution in [3.8, 4) is 0 Å². The molecule has 5 aliphatic carbocycles. The van der Waals surface area contributed by atoms with E-state index in [1.54, 1.807) is 18.2 Å². The molecule has 0 heterocycles. The van der Waals surface area contributed by atoms with Gasteiger partial charge in [0.2, 0.25) is 0 Å². The molecule has 0 saturated heterocycles. The molecule has 0 aromatic heterocycles. The second-order valence-electron chi connectivity index (χ2n) is 21.5. The van der Waals surface area contributed by atoms with Gasteiger partial charge in [0.15, 0.2) is 0 Å². The molecule has 9 heteroatoms. The zero-order valence-corrected chi connectivity index (χ0v) is 39.7. The van der Waals surface area contributed by atoms with Crippen LogP contribution < -0.4 is 0 Å². The number of hydrogen-bond donors (Lipinski definition) is 3. The first kappa shape index (κ1) is 48.1. The van der Waals surface area contributed by atoms with Gasteiger partial charge >= 0.3 is 17.9 Å². The standard InChI is InChI=1S/C58H68O9/c1-7-57-34-32-46(59)54(4,37-65-48(61)28-23-39-17-11-8-12-18-39)44(57)31-33-55(5)45(57)27-26-42-43-35-53(2,3)51(64)52(67-50(63)30-25-41-21-15-10-16-22-41)58(43,47(60)36-56(42,55)6)38-66-49(62)29-24-40-19-13-9-14-20-40/h7-26,28-30,43-47,51-52,59-60,64H,1,27,31-38H2,2-6H3/b28-23+,29-24+,30-25+/t43?,44?,45?,46-,47+,51-,52-,54+,55+,56+,57-,58-/m0/s1. The van der Waals surface area contributed by atoms with Gasteiger partial charge in [0.25, 0.3) is 0 Å². The third kappa shape index (κ3) is 8.50. The summed E-state index contributed by atoms with van der Waals surface area (Å²) in [5, 5.41) is 37.3. The molecule has 0 bridgehead atoms. The quantitative estimate of drug-likeness (QED) is 0.0702. The molecule has 4 fully saturated rings. The molecule has 9 nitrogen and oxygen atoms in total. The summed E-state index contributed by atoms with van der Waals surface area (Å²) in [6.07, 6.45) is 13.5. The lowest BCUT2D eigenvalue weighted by molar-refractivity contribution is -0.262. The number of esters is 3. The summed E-state index contributed by atoms with van der Waals surface area (Å²) in [5.74, 6) is -2.17. The van der Waals surface area contributed by atoms with Crippen molar-refractivity contribution in [3.05, 3.63) is 150 Å². The van der Waals surface area contributed by atoms with Crippen LogP contribution in [0.2, 0.25) is 0 Å². The lowest BCUT2D eigenvalue weighted by atomic mass is 9.32. The summed E-state index contributed by atoms with van der Waals surface area (Å²) >= 11 is 0. The van der Waals surface area contributed by atoms with E-state index in [9.17, 15) is 29.7 Å². The Morgan fingerprint density at radius 3 is 1.72 bits per heavy atom. The minimum atomic E-state index is -1.39. The molecule has 3 aromatic rings. The van der Waals surface area contributed by atoms with Gasteiger partial charge in [-0.15, -0.1) is 6.58 Å². The molecule has 3 unspecified atom stereocenters. The zero-order valence-electron chi connectivity index (χ0n) is 39.7. The molecule has 8 rings (SSSR count). The van der Waals surface area contributed by atoms with Crippen molar-refractivity contribution in [2.24, 2.45) is 50.2 Å². The van der Waals surface area contributed by atoms with Gasteiger partial charge in [-0.05, 0) is 119 Å². The number of ether oxygens (including phenoxy) is 3. The summed E-state index contributed by atoms with van der Waals surface area (Å²) < 4.78 is 18.5. The fraction of sp³-hybridized carbons (Fsp3) is 0.466. The summed E-state index contributed by atoms with van der Waals surface area (Å²) in [6.45, 7) is 14.9. The number of carbonyl (C=O) groups is 3. The highest BCUT2D eigenvalue weighted by Crippen LogP contribution is 2.76. The van der Waals surface area contributed by atoms with Crippen LogP contribution in [0.4, 0.5) is 0 Å². The maximum absolute atomic E-state index is 13.9. The number of hydrogen-bond acceptors (Lipinski definition) is 9.